The van der Waals surface area contributed by atoms with Crippen molar-refractivity contribution < 1.29 is 14.6 Å². The average molecular weight is 209 g/mol. The third-order valence-corrected chi connectivity index (χ3v) is 1.52. The van der Waals surface area contributed by atoms with Crippen molar-refractivity contribution in [3.8, 4) is 11.5 Å². The van der Waals surface area contributed by atoms with E-state index in [2.05, 4.69) is 11.9 Å². The number of likely N-dealkylation sites (N-methyl/N-ethyl adjacent to an activating group) is 1. The zero-order valence-corrected chi connectivity index (χ0v) is 8.86. The number of amides is 1. The highest BCUT2D eigenvalue weighted by Gasteiger charge is 1.94. The molecule has 15 heavy (non-hydrogen) atoms. The molecule has 0 atom stereocenters. The van der Waals surface area contributed by atoms with Crippen LogP contribution in [0.25, 0.3) is 0 Å². The van der Waals surface area contributed by atoms with Gasteiger partial charge in [-0.1, -0.05) is 18.7 Å². The quantitative estimate of drug-likeness (QED) is 0.722. The number of benzene rings is 1. The van der Waals surface area contributed by atoms with E-state index < -0.39 is 0 Å². The van der Waals surface area contributed by atoms with Crippen molar-refractivity contribution in [2.75, 3.05) is 14.2 Å². The van der Waals surface area contributed by atoms with Crippen molar-refractivity contribution in [2.24, 2.45) is 0 Å². The molecule has 0 radical (unpaired) electrons. The topological polar surface area (TPSA) is 58.6 Å². The van der Waals surface area contributed by atoms with Crippen molar-refractivity contribution in [3.05, 3.63) is 36.9 Å². The van der Waals surface area contributed by atoms with Crippen LogP contribution in [0.15, 0.2) is 36.9 Å². The Morgan fingerprint density at radius 2 is 2.13 bits per heavy atom. The summed E-state index contributed by atoms with van der Waals surface area (Å²) >= 11 is 0. The zero-order chi connectivity index (χ0) is 11.7. The average Bonchev–Trinajstić information content (AvgIpc) is 2.29. The second-order valence-corrected chi connectivity index (χ2v) is 2.49. The lowest BCUT2D eigenvalue weighted by Gasteiger charge is -1.99. The predicted molar refractivity (Wildman–Crippen MR) is 58.9 cm³/mol. The Hall–Kier alpha value is -1.97. The lowest BCUT2D eigenvalue weighted by molar-refractivity contribution is -0.116. The third-order valence-electron chi connectivity index (χ3n) is 1.52. The van der Waals surface area contributed by atoms with E-state index in [1.807, 2.05) is 0 Å². The van der Waals surface area contributed by atoms with E-state index in [9.17, 15) is 4.79 Å². The van der Waals surface area contributed by atoms with Gasteiger partial charge in [-0.25, -0.2) is 0 Å². The van der Waals surface area contributed by atoms with Crippen LogP contribution in [0.3, 0.4) is 0 Å². The highest BCUT2D eigenvalue weighted by molar-refractivity contribution is 5.86. The first-order valence-corrected chi connectivity index (χ1v) is 4.31. The first kappa shape index (κ1) is 13.0. The number of ether oxygens (including phenoxy) is 1. The van der Waals surface area contributed by atoms with Crippen molar-refractivity contribution in [2.45, 2.75) is 0 Å². The lowest BCUT2D eigenvalue weighted by Crippen LogP contribution is -2.13. The van der Waals surface area contributed by atoms with Crippen molar-refractivity contribution >= 4 is 5.91 Å². The number of rotatable bonds is 2. The van der Waals surface area contributed by atoms with Gasteiger partial charge < -0.3 is 15.2 Å². The van der Waals surface area contributed by atoms with Gasteiger partial charge in [-0.2, -0.15) is 0 Å². The maximum Gasteiger partial charge on any atom is 0.243 e. The molecule has 0 aromatic heterocycles. The Bertz CT molecular complexity index is 323. The molecule has 0 fully saturated rings. The number of nitrogens with one attached hydrogen (secondary N) is 1. The molecule has 0 bridgehead atoms. The summed E-state index contributed by atoms with van der Waals surface area (Å²) in [6.45, 7) is 3.22. The fraction of sp³-hybridized carbons (Fsp3) is 0.182. The number of hydrogen-bond donors (Lipinski definition) is 2. The van der Waals surface area contributed by atoms with Crippen LogP contribution in [0.2, 0.25) is 0 Å². The van der Waals surface area contributed by atoms with Crippen LogP contribution in [-0.4, -0.2) is 25.2 Å². The van der Waals surface area contributed by atoms with Crippen LogP contribution in [0.4, 0.5) is 0 Å². The van der Waals surface area contributed by atoms with Crippen LogP contribution in [-0.2, 0) is 4.79 Å². The molecule has 82 valence electrons. The Morgan fingerprint density at radius 1 is 1.53 bits per heavy atom. The monoisotopic (exact) mass is 209 g/mol. The Kier molecular flexibility index (Phi) is 6.46. The first-order valence-electron chi connectivity index (χ1n) is 4.31. The minimum absolute atomic E-state index is 0.144. The molecule has 4 nitrogen and oxygen atoms in total. The van der Waals surface area contributed by atoms with Gasteiger partial charge >= 0.3 is 0 Å². The number of carbonyl (C=O) groups excluding carboxylic acids is 1. The second-order valence-electron chi connectivity index (χ2n) is 2.49. The van der Waals surface area contributed by atoms with Gasteiger partial charge in [-0.15, -0.1) is 0 Å². The molecule has 0 unspecified atom stereocenters. The van der Waals surface area contributed by atoms with Gasteiger partial charge in [0.05, 0.1) is 7.11 Å². The third kappa shape index (κ3) is 5.36. The van der Waals surface area contributed by atoms with E-state index in [0.29, 0.717) is 5.75 Å². The SMILES string of the molecule is C=CC(=O)NC.COc1ccccc1O. The van der Waals surface area contributed by atoms with Crippen LogP contribution >= 0.6 is 0 Å². The van der Waals surface area contributed by atoms with E-state index >= 15 is 0 Å². The van der Waals surface area contributed by atoms with Gasteiger partial charge in [-0.3, -0.25) is 4.79 Å². The fourth-order valence-electron chi connectivity index (χ4n) is 0.732. The summed E-state index contributed by atoms with van der Waals surface area (Å²) < 4.78 is 4.79. The predicted octanol–water partition coefficient (Wildman–Crippen LogP) is 1.32. The van der Waals surface area contributed by atoms with E-state index in [-0.39, 0.29) is 11.7 Å². The summed E-state index contributed by atoms with van der Waals surface area (Å²) in [7, 11) is 3.08. The van der Waals surface area contributed by atoms with E-state index in [1.165, 1.54) is 13.2 Å². The van der Waals surface area contributed by atoms with Crippen LogP contribution in [0, 0.1) is 0 Å². The minimum atomic E-state index is -0.144. The standard InChI is InChI=1S/C7H8O2.C4H7NO/c1-9-7-5-3-2-4-6(7)8;1-3-4(6)5-2/h2-5,8H,1H3;3H,1H2,2H3,(H,5,6). The van der Waals surface area contributed by atoms with E-state index in [4.69, 9.17) is 9.84 Å². The summed E-state index contributed by atoms with van der Waals surface area (Å²) in [6, 6.07) is 6.84. The van der Waals surface area contributed by atoms with Crippen LogP contribution < -0.4 is 10.1 Å². The molecule has 0 saturated carbocycles. The zero-order valence-electron chi connectivity index (χ0n) is 8.86. The maximum absolute atomic E-state index is 9.95. The number of phenolic OH excluding ortho intramolecular Hbond substituents is 1. The molecule has 0 heterocycles. The molecule has 1 aromatic rings. The van der Waals surface area contributed by atoms with Gasteiger partial charge in [0.2, 0.25) is 5.91 Å². The number of methoxy groups -OCH3 is 1. The minimum Gasteiger partial charge on any atom is -0.504 e. The summed E-state index contributed by atoms with van der Waals surface area (Å²) in [5, 5.41) is 11.3. The second kappa shape index (κ2) is 7.44. The van der Waals surface area contributed by atoms with Gasteiger partial charge in [-0.05, 0) is 18.2 Å². The van der Waals surface area contributed by atoms with Gasteiger partial charge in [0, 0.05) is 7.05 Å². The summed E-state index contributed by atoms with van der Waals surface area (Å²) in [4.78, 5) is 9.95. The van der Waals surface area contributed by atoms with Gasteiger partial charge in [0.25, 0.3) is 0 Å². The molecule has 0 saturated heterocycles. The van der Waals surface area contributed by atoms with Crippen molar-refractivity contribution in [1.82, 2.24) is 5.32 Å². The smallest absolute Gasteiger partial charge is 0.243 e. The highest BCUT2D eigenvalue weighted by Crippen LogP contribution is 2.22. The molecular formula is C11H15NO3. The number of para-hydroxylation sites is 2. The number of carbonyl (C=O) groups is 1. The summed E-state index contributed by atoms with van der Waals surface area (Å²) in [5.74, 6) is 0.549. The molecular weight excluding hydrogens is 194 g/mol. The Labute approximate surface area is 89.2 Å². The number of phenols is 1. The van der Waals surface area contributed by atoms with E-state index in [0.717, 1.165) is 0 Å². The number of aromatic hydroxyl groups is 1. The molecule has 0 aliphatic carbocycles. The molecule has 0 aliphatic rings. The van der Waals surface area contributed by atoms with E-state index in [1.54, 1.807) is 31.3 Å². The number of hydrogen-bond acceptors (Lipinski definition) is 3. The molecule has 0 spiro atoms. The Morgan fingerprint density at radius 3 is 2.40 bits per heavy atom. The summed E-state index contributed by atoms with van der Waals surface area (Å²) in [5.41, 5.74) is 0. The molecule has 1 amide bonds. The Balaban J connectivity index is 0.000000288. The maximum atomic E-state index is 9.95. The molecule has 1 rings (SSSR count). The van der Waals surface area contributed by atoms with Crippen molar-refractivity contribution in [3.63, 3.8) is 0 Å². The fourth-order valence-corrected chi connectivity index (χ4v) is 0.732. The summed E-state index contributed by atoms with van der Waals surface area (Å²) in [6.07, 6.45) is 1.22. The normalized spacial score (nSPS) is 8.13. The van der Waals surface area contributed by atoms with Gasteiger partial charge in [0.1, 0.15) is 0 Å². The largest absolute Gasteiger partial charge is 0.504 e. The van der Waals surface area contributed by atoms with Crippen LogP contribution in [0.5, 0.6) is 11.5 Å². The molecule has 0 aliphatic heterocycles. The van der Waals surface area contributed by atoms with Crippen LogP contribution in [0.1, 0.15) is 0 Å². The molecule has 1 aromatic carbocycles. The van der Waals surface area contributed by atoms with Gasteiger partial charge in [0.15, 0.2) is 11.5 Å². The highest BCUT2D eigenvalue weighted by atomic mass is 16.5. The lowest BCUT2D eigenvalue weighted by atomic mass is 10.3. The molecule has 2 N–H and O–H groups in total. The van der Waals surface area contributed by atoms with Crippen molar-refractivity contribution in [1.29, 1.82) is 0 Å². The first-order chi connectivity index (χ1) is 7.15. The molecule has 4 heteroatoms.